The Morgan fingerprint density at radius 3 is 2.69 bits per heavy atom. The number of nitrogens with zero attached hydrogens (tertiary/aromatic N) is 4. The molecule has 32 heavy (non-hydrogen) atoms. The number of amides is 1. The average molecular weight is 440 g/mol. The summed E-state index contributed by atoms with van der Waals surface area (Å²) in [5, 5.41) is 2.79. The van der Waals surface area contributed by atoms with E-state index in [1.165, 1.54) is 17.7 Å². The summed E-state index contributed by atoms with van der Waals surface area (Å²) in [7, 11) is 1.44. The molecule has 0 saturated carbocycles. The quantitative estimate of drug-likeness (QED) is 0.740. The molecule has 9 nitrogen and oxygen atoms in total. The SMILES string of the molecule is [C-]#[N+]c1ccccc1Cn1c(N2CCC[C@@H](OC(=O)NC(C)(C)C)C2)cc(=O)n(C)c1=O. The maximum absolute atomic E-state index is 13.0. The topological polar surface area (TPSA) is 89.9 Å². The van der Waals surface area contributed by atoms with E-state index >= 15 is 0 Å². The number of nitrogens with one attached hydrogen (secondary N) is 1. The van der Waals surface area contributed by atoms with Gasteiger partial charge in [0.15, 0.2) is 5.69 Å². The number of alkyl carbamates (subject to hydrolysis) is 1. The van der Waals surface area contributed by atoms with E-state index in [4.69, 9.17) is 11.3 Å². The number of rotatable bonds is 4. The van der Waals surface area contributed by atoms with Crippen molar-refractivity contribution in [2.75, 3.05) is 18.0 Å². The van der Waals surface area contributed by atoms with Gasteiger partial charge in [-0.1, -0.05) is 24.3 Å². The molecular formula is C23H29N5O4. The molecule has 170 valence electrons. The zero-order valence-electron chi connectivity index (χ0n) is 18.9. The fraction of sp³-hybridized carbons (Fsp3) is 0.478. The highest BCUT2D eigenvalue weighted by atomic mass is 16.6. The van der Waals surface area contributed by atoms with Gasteiger partial charge in [-0.15, -0.1) is 0 Å². The van der Waals surface area contributed by atoms with Crippen molar-refractivity contribution in [3.8, 4) is 0 Å². The summed E-state index contributed by atoms with van der Waals surface area (Å²) >= 11 is 0. The lowest BCUT2D eigenvalue weighted by Gasteiger charge is -2.35. The van der Waals surface area contributed by atoms with E-state index in [9.17, 15) is 14.4 Å². The minimum absolute atomic E-state index is 0.160. The number of benzene rings is 1. The number of hydrogen-bond donors (Lipinski definition) is 1. The van der Waals surface area contributed by atoms with Crippen molar-refractivity contribution >= 4 is 17.6 Å². The van der Waals surface area contributed by atoms with Crippen LogP contribution in [0.25, 0.3) is 4.85 Å². The molecule has 1 aliphatic heterocycles. The van der Waals surface area contributed by atoms with Crippen LogP contribution in [0.5, 0.6) is 0 Å². The van der Waals surface area contributed by atoms with Crippen molar-refractivity contribution in [3.05, 3.63) is 68.2 Å². The molecule has 2 aromatic rings. The van der Waals surface area contributed by atoms with E-state index < -0.39 is 22.9 Å². The summed E-state index contributed by atoms with van der Waals surface area (Å²) in [5.74, 6) is 0.461. The minimum Gasteiger partial charge on any atom is -0.444 e. The molecule has 9 heteroatoms. The van der Waals surface area contributed by atoms with Crippen LogP contribution in [-0.4, -0.2) is 40.0 Å². The molecule has 0 spiro atoms. The zero-order chi connectivity index (χ0) is 23.5. The van der Waals surface area contributed by atoms with Crippen LogP contribution in [0.2, 0.25) is 0 Å². The highest BCUT2D eigenvalue weighted by Crippen LogP contribution is 2.24. The Bertz CT molecular complexity index is 1150. The predicted molar refractivity (Wildman–Crippen MR) is 122 cm³/mol. The average Bonchev–Trinajstić information content (AvgIpc) is 2.73. The van der Waals surface area contributed by atoms with Gasteiger partial charge in [-0.3, -0.25) is 13.9 Å². The molecule has 3 rings (SSSR count). The van der Waals surface area contributed by atoms with E-state index in [0.29, 0.717) is 36.6 Å². The first kappa shape index (κ1) is 23.1. The van der Waals surface area contributed by atoms with E-state index in [0.717, 1.165) is 11.0 Å². The van der Waals surface area contributed by atoms with Crippen LogP contribution in [0.1, 0.15) is 39.2 Å². The van der Waals surface area contributed by atoms with Crippen molar-refractivity contribution in [3.63, 3.8) is 0 Å². The third-order valence-electron chi connectivity index (χ3n) is 5.27. The number of ether oxygens (including phenoxy) is 1. The van der Waals surface area contributed by atoms with Gasteiger partial charge in [0.2, 0.25) is 0 Å². The van der Waals surface area contributed by atoms with Crippen molar-refractivity contribution in [2.24, 2.45) is 7.05 Å². The second-order valence-corrected chi connectivity index (χ2v) is 9.00. The van der Waals surface area contributed by atoms with Crippen molar-refractivity contribution in [2.45, 2.75) is 51.8 Å². The molecule has 0 bridgehead atoms. The maximum atomic E-state index is 13.0. The highest BCUT2D eigenvalue weighted by Gasteiger charge is 2.27. The Morgan fingerprint density at radius 1 is 1.28 bits per heavy atom. The molecular weight excluding hydrogens is 410 g/mol. The van der Waals surface area contributed by atoms with Gasteiger partial charge in [-0.05, 0) is 39.2 Å². The Kier molecular flexibility index (Phi) is 6.72. The molecule has 1 atom stereocenters. The van der Waals surface area contributed by atoms with Gasteiger partial charge in [-0.25, -0.2) is 14.4 Å². The predicted octanol–water partition coefficient (Wildman–Crippen LogP) is 2.64. The Balaban J connectivity index is 1.91. The molecule has 1 fully saturated rings. The number of para-hydroxylation sites is 1. The van der Waals surface area contributed by atoms with Crippen LogP contribution < -0.4 is 21.5 Å². The lowest BCUT2D eigenvalue weighted by Crippen LogP contribution is -2.48. The molecule has 2 heterocycles. The molecule has 1 saturated heterocycles. The summed E-state index contributed by atoms with van der Waals surface area (Å²) < 4.78 is 8.15. The van der Waals surface area contributed by atoms with Gasteiger partial charge in [-0.2, -0.15) is 0 Å². The third kappa shape index (κ3) is 5.38. The second-order valence-electron chi connectivity index (χ2n) is 9.00. The molecule has 0 radical (unpaired) electrons. The van der Waals surface area contributed by atoms with Crippen LogP contribution >= 0.6 is 0 Å². The third-order valence-corrected chi connectivity index (χ3v) is 5.27. The Hall–Kier alpha value is -3.54. The Morgan fingerprint density at radius 2 is 2.00 bits per heavy atom. The Labute approximate surface area is 187 Å². The van der Waals surface area contributed by atoms with Crippen LogP contribution in [0.4, 0.5) is 16.3 Å². The minimum atomic E-state index is -0.489. The molecule has 1 aromatic heterocycles. The fourth-order valence-electron chi connectivity index (χ4n) is 3.72. The fourth-order valence-corrected chi connectivity index (χ4v) is 3.72. The lowest BCUT2D eigenvalue weighted by atomic mass is 10.1. The zero-order valence-corrected chi connectivity index (χ0v) is 18.9. The standard InChI is InChI=1S/C23H29N5O4/c1-23(2,3)25-21(30)32-17-10-8-12-27(15-17)19-13-20(29)26(5)22(31)28(19)14-16-9-6-7-11-18(16)24-4/h6-7,9,11,13,17H,8,10,12,14-15H2,1-3,5H3,(H,25,30)/t17-/m1/s1. The van der Waals surface area contributed by atoms with E-state index in [1.807, 2.05) is 31.7 Å². The van der Waals surface area contributed by atoms with Crippen molar-refractivity contribution in [1.82, 2.24) is 14.5 Å². The molecule has 0 aliphatic carbocycles. The number of piperidine rings is 1. The van der Waals surface area contributed by atoms with Gasteiger partial charge >= 0.3 is 11.8 Å². The summed E-state index contributed by atoms with van der Waals surface area (Å²) in [6.45, 7) is 14.2. The number of carbonyl (C=O) groups is 1. The first-order valence-electron chi connectivity index (χ1n) is 10.6. The summed E-state index contributed by atoms with van der Waals surface area (Å²) in [5.41, 5.74) is -0.126. The van der Waals surface area contributed by atoms with Gasteiger partial charge < -0.3 is 15.0 Å². The number of aromatic nitrogens is 2. The second kappa shape index (κ2) is 9.30. The lowest BCUT2D eigenvalue weighted by molar-refractivity contribution is 0.0823. The van der Waals surface area contributed by atoms with Gasteiger partial charge in [0.25, 0.3) is 5.56 Å². The van der Waals surface area contributed by atoms with Crippen LogP contribution in [0.15, 0.2) is 39.9 Å². The van der Waals surface area contributed by atoms with Crippen molar-refractivity contribution in [1.29, 1.82) is 0 Å². The molecule has 1 N–H and O–H groups in total. The smallest absolute Gasteiger partial charge is 0.407 e. The number of hydrogen-bond acceptors (Lipinski definition) is 5. The summed E-state index contributed by atoms with van der Waals surface area (Å²) in [4.78, 5) is 43.1. The number of anilines is 1. The van der Waals surface area contributed by atoms with E-state index in [-0.39, 0.29) is 12.6 Å². The highest BCUT2D eigenvalue weighted by molar-refractivity contribution is 5.68. The molecule has 1 amide bonds. The number of carbonyl (C=O) groups excluding carboxylic acids is 1. The molecule has 0 unspecified atom stereocenters. The largest absolute Gasteiger partial charge is 0.444 e. The first-order valence-corrected chi connectivity index (χ1v) is 10.6. The first-order chi connectivity index (χ1) is 15.1. The van der Waals surface area contributed by atoms with E-state index in [1.54, 1.807) is 18.2 Å². The molecule has 1 aromatic carbocycles. The van der Waals surface area contributed by atoms with Crippen molar-refractivity contribution < 1.29 is 9.53 Å². The van der Waals surface area contributed by atoms with Crippen LogP contribution in [0, 0.1) is 6.57 Å². The maximum Gasteiger partial charge on any atom is 0.407 e. The molecule has 1 aliphatic rings. The van der Waals surface area contributed by atoms with Gasteiger partial charge in [0, 0.05) is 31.7 Å². The van der Waals surface area contributed by atoms with Crippen LogP contribution in [0.3, 0.4) is 0 Å². The summed E-state index contributed by atoms with van der Waals surface area (Å²) in [6, 6.07) is 8.52. The van der Waals surface area contributed by atoms with Crippen LogP contribution in [-0.2, 0) is 18.3 Å². The van der Waals surface area contributed by atoms with E-state index in [2.05, 4.69) is 10.2 Å². The van der Waals surface area contributed by atoms with Gasteiger partial charge in [0.05, 0.1) is 13.1 Å². The monoisotopic (exact) mass is 439 g/mol. The summed E-state index contributed by atoms with van der Waals surface area (Å²) in [6.07, 6.45) is 0.588. The van der Waals surface area contributed by atoms with Gasteiger partial charge in [0.1, 0.15) is 11.9 Å². The normalized spacial score (nSPS) is 16.3.